The molecule has 12 heavy (non-hydrogen) atoms. The molecule has 0 aliphatic heterocycles. The second kappa shape index (κ2) is 4.18. The van der Waals surface area contributed by atoms with Gasteiger partial charge in [-0.1, -0.05) is 23.2 Å². The van der Waals surface area contributed by atoms with E-state index in [1.807, 2.05) is 0 Å². The average Bonchev–Trinajstić information content (AvgIpc) is 1.99. The van der Waals surface area contributed by atoms with Crippen molar-refractivity contribution >= 4 is 35.4 Å². The predicted molar refractivity (Wildman–Crippen MR) is 47.2 cm³/mol. The maximum atomic E-state index is 9.80. The zero-order chi connectivity index (χ0) is 8.97. The van der Waals surface area contributed by atoms with Crippen LogP contribution in [-0.2, 0) is 9.63 Å². The molecule has 0 aliphatic rings. The van der Waals surface area contributed by atoms with Crippen LogP contribution in [0.4, 0.5) is 5.69 Å². The molecule has 0 spiro atoms. The quantitative estimate of drug-likeness (QED) is 0.609. The molecule has 64 valence electrons. The molecule has 0 atom stereocenters. The molecule has 0 radical (unpaired) electrons. The second-order valence-corrected chi connectivity index (χ2v) is 2.85. The normalized spacial score (nSPS) is 9.17. The molecule has 1 aromatic rings. The van der Waals surface area contributed by atoms with Gasteiger partial charge in [0.1, 0.15) is 0 Å². The lowest BCUT2D eigenvalue weighted by Crippen LogP contribution is -1.97. The summed E-state index contributed by atoms with van der Waals surface area (Å²) in [5.41, 5.74) is 2.87. The van der Waals surface area contributed by atoms with E-state index in [2.05, 4.69) is 10.3 Å². The van der Waals surface area contributed by atoms with Crippen LogP contribution < -0.4 is 5.48 Å². The largest absolute Gasteiger partial charge is 0.347 e. The molecular weight excluding hydrogens is 201 g/mol. The topological polar surface area (TPSA) is 38.3 Å². The van der Waals surface area contributed by atoms with Gasteiger partial charge in [0.25, 0.3) is 0 Å². The smallest absolute Gasteiger partial charge is 0.320 e. The summed E-state index contributed by atoms with van der Waals surface area (Å²) in [6, 6.07) is 4.74. The molecular formula is C7H5Cl2NO2. The number of halogens is 2. The SMILES string of the molecule is O=CONc1cc(Cl)cc(Cl)c1. The van der Waals surface area contributed by atoms with Crippen molar-refractivity contribution in [1.82, 2.24) is 0 Å². The van der Waals surface area contributed by atoms with Crippen molar-refractivity contribution in [3.8, 4) is 0 Å². The lowest BCUT2D eigenvalue weighted by Gasteiger charge is -2.02. The Morgan fingerprint density at radius 1 is 1.25 bits per heavy atom. The standard InChI is InChI=1S/C7H5Cl2NO2/c8-5-1-6(9)3-7(2-5)10-12-4-11/h1-4,10H. The Hall–Kier alpha value is -0.930. The maximum absolute atomic E-state index is 9.80. The van der Waals surface area contributed by atoms with Crippen LogP contribution in [0.15, 0.2) is 18.2 Å². The van der Waals surface area contributed by atoms with Crippen LogP contribution in [-0.4, -0.2) is 6.47 Å². The number of carbonyl (C=O) groups is 1. The van der Waals surface area contributed by atoms with Crippen LogP contribution in [0.2, 0.25) is 10.0 Å². The highest BCUT2D eigenvalue weighted by Gasteiger charge is 1.96. The number of nitrogens with one attached hydrogen (secondary N) is 1. The van der Waals surface area contributed by atoms with Gasteiger partial charge < -0.3 is 4.84 Å². The summed E-state index contributed by atoms with van der Waals surface area (Å²) < 4.78 is 0. The first-order chi connectivity index (χ1) is 5.72. The van der Waals surface area contributed by atoms with Gasteiger partial charge in [0, 0.05) is 10.0 Å². The predicted octanol–water partition coefficient (Wildman–Crippen LogP) is 2.49. The molecule has 0 saturated carbocycles. The third-order valence-electron chi connectivity index (χ3n) is 1.09. The van der Waals surface area contributed by atoms with E-state index in [4.69, 9.17) is 23.2 Å². The molecule has 1 aromatic carbocycles. The van der Waals surface area contributed by atoms with Crippen LogP contribution in [0.1, 0.15) is 0 Å². The minimum absolute atomic E-state index is 0.273. The van der Waals surface area contributed by atoms with Crippen LogP contribution in [0.25, 0.3) is 0 Å². The second-order valence-electron chi connectivity index (χ2n) is 1.97. The Morgan fingerprint density at radius 3 is 2.33 bits per heavy atom. The first-order valence-electron chi connectivity index (χ1n) is 3.04. The molecule has 1 rings (SSSR count). The summed E-state index contributed by atoms with van der Waals surface area (Å²) in [4.78, 5) is 14.1. The number of hydrogen-bond acceptors (Lipinski definition) is 3. The lowest BCUT2D eigenvalue weighted by atomic mass is 10.3. The van der Waals surface area contributed by atoms with Gasteiger partial charge in [0.2, 0.25) is 0 Å². The van der Waals surface area contributed by atoms with Crippen molar-refractivity contribution in [3.05, 3.63) is 28.2 Å². The van der Waals surface area contributed by atoms with E-state index >= 15 is 0 Å². The van der Waals surface area contributed by atoms with Gasteiger partial charge in [0.05, 0.1) is 5.69 Å². The summed E-state index contributed by atoms with van der Waals surface area (Å²) in [6.45, 7) is 0.273. The molecule has 0 aliphatic carbocycles. The fourth-order valence-corrected chi connectivity index (χ4v) is 1.23. The summed E-state index contributed by atoms with van der Waals surface area (Å²) in [7, 11) is 0. The maximum Gasteiger partial charge on any atom is 0.320 e. The van der Waals surface area contributed by atoms with Crippen LogP contribution in [0.5, 0.6) is 0 Å². The van der Waals surface area contributed by atoms with Crippen LogP contribution in [0.3, 0.4) is 0 Å². The van der Waals surface area contributed by atoms with Crippen LogP contribution >= 0.6 is 23.2 Å². The van der Waals surface area contributed by atoms with Gasteiger partial charge in [-0.3, -0.25) is 4.79 Å². The monoisotopic (exact) mass is 205 g/mol. The Bertz CT molecular complexity index is 270. The third-order valence-corrected chi connectivity index (χ3v) is 1.52. The van der Waals surface area contributed by atoms with Gasteiger partial charge >= 0.3 is 6.47 Å². The van der Waals surface area contributed by atoms with Gasteiger partial charge in [-0.25, -0.2) is 5.48 Å². The van der Waals surface area contributed by atoms with Crippen LogP contribution in [0, 0.1) is 0 Å². The summed E-state index contributed by atoms with van der Waals surface area (Å²) in [5, 5.41) is 0.944. The van der Waals surface area contributed by atoms with Crippen molar-refractivity contribution in [2.24, 2.45) is 0 Å². The molecule has 0 fully saturated rings. The third kappa shape index (κ3) is 2.60. The molecule has 5 heteroatoms. The van der Waals surface area contributed by atoms with Gasteiger partial charge in [-0.05, 0) is 18.2 Å². The average molecular weight is 206 g/mol. The summed E-state index contributed by atoms with van der Waals surface area (Å²) in [5.74, 6) is 0. The molecule has 0 bridgehead atoms. The summed E-state index contributed by atoms with van der Waals surface area (Å²) in [6.07, 6.45) is 0. The van der Waals surface area contributed by atoms with E-state index in [-0.39, 0.29) is 6.47 Å². The van der Waals surface area contributed by atoms with E-state index in [1.165, 1.54) is 0 Å². The van der Waals surface area contributed by atoms with E-state index in [9.17, 15) is 4.79 Å². The number of rotatable bonds is 3. The van der Waals surface area contributed by atoms with Crippen molar-refractivity contribution in [2.75, 3.05) is 5.48 Å². The van der Waals surface area contributed by atoms with Crippen molar-refractivity contribution in [3.63, 3.8) is 0 Å². The number of benzene rings is 1. The van der Waals surface area contributed by atoms with Gasteiger partial charge in [-0.2, -0.15) is 0 Å². The molecule has 0 unspecified atom stereocenters. The zero-order valence-corrected chi connectivity index (χ0v) is 7.39. The first-order valence-corrected chi connectivity index (χ1v) is 3.79. The number of hydrogen-bond donors (Lipinski definition) is 1. The highest BCUT2D eigenvalue weighted by Crippen LogP contribution is 2.22. The molecule has 1 N–H and O–H groups in total. The van der Waals surface area contributed by atoms with E-state index in [0.717, 1.165) is 0 Å². The van der Waals surface area contributed by atoms with E-state index in [1.54, 1.807) is 18.2 Å². The fourth-order valence-electron chi connectivity index (χ4n) is 0.705. The first kappa shape index (κ1) is 9.16. The lowest BCUT2D eigenvalue weighted by molar-refractivity contribution is -0.126. The zero-order valence-electron chi connectivity index (χ0n) is 5.88. The van der Waals surface area contributed by atoms with Crippen molar-refractivity contribution < 1.29 is 9.63 Å². The van der Waals surface area contributed by atoms with Gasteiger partial charge in [0.15, 0.2) is 0 Å². The highest BCUT2D eigenvalue weighted by atomic mass is 35.5. The Balaban J connectivity index is 2.78. The Morgan fingerprint density at radius 2 is 1.83 bits per heavy atom. The minimum atomic E-state index is 0.273. The van der Waals surface area contributed by atoms with Crippen molar-refractivity contribution in [1.29, 1.82) is 0 Å². The number of anilines is 1. The molecule has 0 amide bonds. The van der Waals surface area contributed by atoms with Gasteiger partial charge in [-0.15, -0.1) is 0 Å². The van der Waals surface area contributed by atoms with E-state index in [0.29, 0.717) is 15.7 Å². The molecule has 0 saturated heterocycles. The summed E-state index contributed by atoms with van der Waals surface area (Å²) >= 11 is 11.3. The minimum Gasteiger partial charge on any atom is -0.347 e. The highest BCUT2D eigenvalue weighted by molar-refractivity contribution is 6.35. The van der Waals surface area contributed by atoms with Crippen molar-refractivity contribution in [2.45, 2.75) is 0 Å². The van der Waals surface area contributed by atoms with E-state index < -0.39 is 0 Å². The number of carbonyl (C=O) groups excluding carboxylic acids is 1. The molecule has 3 nitrogen and oxygen atoms in total. The fraction of sp³-hybridized carbons (Fsp3) is 0. The molecule has 0 heterocycles. The Kier molecular flexibility index (Phi) is 3.19. The Labute approximate surface area is 79.2 Å². The molecule has 0 aromatic heterocycles.